The number of carbonyl (C=O) groups is 3. The fourth-order valence-corrected chi connectivity index (χ4v) is 4.23. The van der Waals surface area contributed by atoms with E-state index in [1.54, 1.807) is 0 Å². The first-order valence-electron chi connectivity index (χ1n) is 10.8. The van der Waals surface area contributed by atoms with Gasteiger partial charge in [-0.3, -0.25) is 10.1 Å². The predicted octanol–water partition coefficient (Wildman–Crippen LogP) is 4.53. The summed E-state index contributed by atoms with van der Waals surface area (Å²) in [6, 6.07) is 20.3. The zero-order valence-electron chi connectivity index (χ0n) is 18.8. The van der Waals surface area contributed by atoms with Crippen LogP contribution in [0.1, 0.15) is 27.4 Å². The van der Waals surface area contributed by atoms with E-state index in [1.807, 2.05) is 36.4 Å². The van der Waals surface area contributed by atoms with Crippen molar-refractivity contribution in [3.05, 3.63) is 88.4 Å². The molecular formula is C26H23ClN2O6. The molecule has 0 bridgehead atoms. The topological polar surface area (TPSA) is 114 Å². The Kier molecular flexibility index (Phi) is 7.33. The first-order chi connectivity index (χ1) is 16.9. The number of hydrogen-bond acceptors (Lipinski definition) is 5. The van der Waals surface area contributed by atoms with Crippen molar-refractivity contribution < 1.29 is 29.0 Å². The fraction of sp³-hybridized carbons (Fsp3) is 0.192. The lowest BCUT2D eigenvalue weighted by atomic mass is 9.98. The van der Waals surface area contributed by atoms with Crippen molar-refractivity contribution in [3.8, 4) is 11.1 Å². The summed E-state index contributed by atoms with van der Waals surface area (Å²) in [5.74, 6) is -1.83. The molecule has 0 radical (unpaired) electrons. The number of halogens is 1. The molecule has 4 rings (SSSR count). The van der Waals surface area contributed by atoms with Gasteiger partial charge >= 0.3 is 12.1 Å². The van der Waals surface area contributed by atoms with E-state index in [9.17, 15) is 14.4 Å². The number of benzene rings is 3. The molecule has 0 heterocycles. The van der Waals surface area contributed by atoms with E-state index in [1.165, 1.54) is 25.3 Å². The Morgan fingerprint density at radius 3 is 2.23 bits per heavy atom. The number of methoxy groups -OCH3 is 1. The summed E-state index contributed by atoms with van der Waals surface area (Å²) >= 11 is 6.20. The number of rotatable bonds is 8. The maximum atomic E-state index is 12.6. The summed E-state index contributed by atoms with van der Waals surface area (Å²) < 4.78 is 10.3. The van der Waals surface area contributed by atoms with Crippen LogP contribution in [-0.4, -0.2) is 49.4 Å². The second-order valence-corrected chi connectivity index (χ2v) is 8.32. The maximum absolute atomic E-state index is 12.6. The van der Waals surface area contributed by atoms with Crippen LogP contribution in [0.3, 0.4) is 0 Å². The molecule has 180 valence electrons. The monoisotopic (exact) mass is 494 g/mol. The molecule has 35 heavy (non-hydrogen) atoms. The third kappa shape index (κ3) is 5.29. The molecule has 3 aromatic carbocycles. The summed E-state index contributed by atoms with van der Waals surface area (Å²) in [5, 5.41) is 14.3. The lowest BCUT2D eigenvalue weighted by Crippen LogP contribution is -2.37. The average molecular weight is 495 g/mol. The summed E-state index contributed by atoms with van der Waals surface area (Å²) in [5.41, 5.74) is 4.81. The minimum Gasteiger partial charge on any atom is -0.479 e. The van der Waals surface area contributed by atoms with Crippen LogP contribution in [0, 0.1) is 0 Å². The van der Waals surface area contributed by atoms with Gasteiger partial charge in [0.15, 0.2) is 6.10 Å². The lowest BCUT2D eigenvalue weighted by Gasteiger charge is -2.15. The average Bonchev–Trinajstić information content (AvgIpc) is 3.18. The van der Waals surface area contributed by atoms with Crippen LogP contribution in [0.4, 0.5) is 10.5 Å². The van der Waals surface area contributed by atoms with E-state index < -0.39 is 24.1 Å². The molecule has 1 atom stereocenters. The zero-order chi connectivity index (χ0) is 24.9. The van der Waals surface area contributed by atoms with E-state index in [4.69, 9.17) is 26.2 Å². The molecule has 1 unspecified atom stereocenters. The fourth-order valence-electron chi connectivity index (χ4n) is 4.07. The zero-order valence-corrected chi connectivity index (χ0v) is 19.5. The summed E-state index contributed by atoms with van der Waals surface area (Å²) in [7, 11) is 1.24. The molecule has 1 aliphatic rings. The summed E-state index contributed by atoms with van der Waals surface area (Å²) in [6.07, 6.45) is -1.89. The van der Waals surface area contributed by atoms with Gasteiger partial charge in [-0.2, -0.15) is 0 Å². The molecule has 0 saturated carbocycles. The van der Waals surface area contributed by atoms with Crippen LogP contribution in [0.2, 0.25) is 5.02 Å². The van der Waals surface area contributed by atoms with Gasteiger partial charge < -0.3 is 19.9 Å². The molecule has 3 N–H and O–H groups in total. The van der Waals surface area contributed by atoms with Gasteiger partial charge in [0.05, 0.1) is 17.3 Å². The third-order valence-electron chi connectivity index (χ3n) is 5.82. The van der Waals surface area contributed by atoms with Crippen LogP contribution in [-0.2, 0) is 14.3 Å². The highest BCUT2D eigenvalue weighted by atomic mass is 35.5. The van der Waals surface area contributed by atoms with Gasteiger partial charge in [-0.25, -0.2) is 9.59 Å². The second kappa shape index (κ2) is 10.6. The molecule has 9 heteroatoms. The van der Waals surface area contributed by atoms with E-state index >= 15 is 0 Å². The van der Waals surface area contributed by atoms with Gasteiger partial charge in [0.1, 0.15) is 6.61 Å². The van der Waals surface area contributed by atoms with Crippen LogP contribution in [0.15, 0.2) is 66.7 Å². The Morgan fingerprint density at radius 2 is 1.63 bits per heavy atom. The Labute approximate surface area is 206 Å². The number of carbonyl (C=O) groups excluding carboxylic acids is 2. The van der Waals surface area contributed by atoms with Gasteiger partial charge in [0.2, 0.25) is 0 Å². The minimum absolute atomic E-state index is 0.0938. The van der Waals surface area contributed by atoms with Crippen molar-refractivity contribution in [1.29, 1.82) is 0 Å². The van der Waals surface area contributed by atoms with Crippen molar-refractivity contribution in [2.75, 3.05) is 25.6 Å². The highest BCUT2D eigenvalue weighted by molar-refractivity contribution is 6.33. The van der Waals surface area contributed by atoms with Gasteiger partial charge in [0.25, 0.3) is 5.91 Å². The Morgan fingerprint density at radius 1 is 1.00 bits per heavy atom. The molecule has 0 aliphatic heterocycles. The number of carboxylic acid groups (broad SMARTS) is 1. The molecule has 0 fully saturated rings. The third-order valence-corrected chi connectivity index (χ3v) is 6.15. The number of carboxylic acids is 1. The maximum Gasteiger partial charge on any atom is 0.411 e. The van der Waals surface area contributed by atoms with E-state index in [2.05, 4.69) is 22.8 Å². The van der Waals surface area contributed by atoms with Crippen molar-refractivity contribution in [3.63, 3.8) is 0 Å². The minimum atomic E-state index is -1.19. The van der Waals surface area contributed by atoms with Gasteiger partial charge in [-0.1, -0.05) is 60.1 Å². The molecule has 8 nitrogen and oxygen atoms in total. The molecule has 0 aromatic heterocycles. The first-order valence-corrected chi connectivity index (χ1v) is 11.2. The van der Waals surface area contributed by atoms with Crippen LogP contribution >= 0.6 is 11.6 Å². The van der Waals surface area contributed by atoms with Crippen molar-refractivity contribution in [2.24, 2.45) is 0 Å². The highest BCUT2D eigenvalue weighted by Gasteiger charge is 2.29. The van der Waals surface area contributed by atoms with Crippen LogP contribution in [0.25, 0.3) is 11.1 Å². The lowest BCUT2D eigenvalue weighted by molar-refractivity contribution is -0.148. The molecule has 2 amide bonds. The first kappa shape index (κ1) is 24.3. The standard InChI is InChI=1S/C26H23ClN2O6/c1-34-23(25(31)32)13-28-24(30)15-10-11-21(27)22(12-15)29-26(33)35-14-20-18-8-4-2-6-16(18)17-7-3-5-9-19(17)20/h2-12,20,23H,13-14H2,1H3,(H,28,30)(H,29,33)(H,31,32). The van der Waals surface area contributed by atoms with Crippen molar-refractivity contribution >= 4 is 35.3 Å². The normalized spacial score (nSPS) is 12.9. The largest absolute Gasteiger partial charge is 0.479 e. The second-order valence-electron chi connectivity index (χ2n) is 7.92. The Bertz CT molecular complexity index is 1230. The van der Waals surface area contributed by atoms with Gasteiger partial charge in [0, 0.05) is 18.6 Å². The molecule has 0 saturated heterocycles. The number of fused-ring (bicyclic) bond motifs is 3. The molecule has 1 aliphatic carbocycles. The smallest absolute Gasteiger partial charge is 0.411 e. The van der Waals surface area contributed by atoms with E-state index in [0.29, 0.717) is 0 Å². The van der Waals surface area contributed by atoms with E-state index in [-0.39, 0.29) is 35.3 Å². The predicted molar refractivity (Wildman–Crippen MR) is 131 cm³/mol. The van der Waals surface area contributed by atoms with Crippen molar-refractivity contribution in [1.82, 2.24) is 5.32 Å². The SMILES string of the molecule is COC(CNC(=O)c1ccc(Cl)c(NC(=O)OCC2c3ccccc3-c3ccccc32)c1)C(=O)O. The van der Waals surface area contributed by atoms with Gasteiger partial charge in [-0.05, 0) is 40.5 Å². The Balaban J connectivity index is 1.41. The number of nitrogens with one attached hydrogen (secondary N) is 2. The number of hydrogen-bond donors (Lipinski definition) is 3. The summed E-state index contributed by atoms with van der Waals surface area (Å²) in [6.45, 7) is -0.0896. The summed E-state index contributed by atoms with van der Waals surface area (Å²) in [4.78, 5) is 36.0. The van der Waals surface area contributed by atoms with Crippen molar-refractivity contribution in [2.45, 2.75) is 12.0 Å². The van der Waals surface area contributed by atoms with E-state index in [0.717, 1.165) is 22.3 Å². The Hall–Kier alpha value is -3.88. The van der Waals surface area contributed by atoms with Gasteiger partial charge in [-0.15, -0.1) is 0 Å². The molecule has 3 aromatic rings. The van der Waals surface area contributed by atoms with Crippen LogP contribution < -0.4 is 10.6 Å². The number of aliphatic carboxylic acids is 1. The number of ether oxygens (including phenoxy) is 2. The van der Waals surface area contributed by atoms with Crippen LogP contribution in [0.5, 0.6) is 0 Å². The number of anilines is 1. The molecular weight excluding hydrogens is 472 g/mol. The molecule has 0 spiro atoms. The number of amides is 2. The highest BCUT2D eigenvalue weighted by Crippen LogP contribution is 2.44. The quantitative estimate of drug-likeness (QED) is 0.424.